The van der Waals surface area contributed by atoms with Crippen LogP contribution in [0.2, 0.25) is 0 Å². The minimum atomic E-state index is -0.597. The van der Waals surface area contributed by atoms with Crippen LogP contribution in [0.3, 0.4) is 0 Å². The van der Waals surface area contributed by atoms with Crippen molar-refractivity contribution >= 4 is 34.5 Å². The maximum absolute atomic E-state index is 12.4. The van der Waals surface area contributed by atoms with Crippen LogP contribution in [-0.4, -0.2) is 29.8 Å². The SMILES string of the molecule is CCOC(=O)C1=C(O)/C(=C\c2ccccc2OC)SC1=Nc1ccccc1. The highest BCUT2D eigenvalue weighted by molar-refractivity contribution is 8.18. The number of aliphatic hydroxyl groups excluding tert-OH is 1. The molecule has 0 aliphatic carbocycles. The largest absolute Gasteiger partial charge is 0.506 e. The summed E-state index contributed by atoms with van der Waals surface area (Å²) >= 11 is 1.22. The molecule has 0 saturated carbocycles. The lowest BCUT2D eigenvalue weighted by Gasteiger charge is -2.05. The van der Waals surface area contributed by atoms with Crippen molar-refractivity contribution < 1.29 is 19.4 Å². The van der Waals surface area contributed by atoms with E-state index in [4.69, 9.17) is 9.47 Å². The van der Waals surface area contributed by atoms with E-state index >= 15 is 0 Å². The number of ether oxygens (including phenoxy) is 2. The van der Waals surface area contributed by atoms with E-state index in [0.29, 0.717) is 21.4 Å². The summed E-state index contributed by atoms with van der Waals surface area (Å²) < 4.78 is 10.5. The number of hydrogen-bond acceptors (Lipinski definition) is 6. The Morgan fingerprint density at radius 3 is 2.56 bits per heavy atom. The number of hydrogen-bond donors (Lipinski definition) is 1. The Morgan fingerprint density at radius 1 is 1.15 bits per heavy atom. The predicted octanol–water partition coefficient (Wildman–Crippen LogP) is 4.89. The van der Waals surface area contributed by atoms with Crippen molar-refractivity contribution in [2.75, 3.05) is 13.7 Å². The van der Waals surface area contributed by atoms with Crippen LogP contribution in [0.1, 0.15) is 12.5 Å². The Labute approximate surface area is 162 Å². The van der Waals surface area contributed by atoms with Gasteiger partial charge in [-0.1, -0.05) is 48.2 Å². The van der Waals surface area contributed by atoms with Crippen LogP contribution in [0.25, 0.3) is 6.08 Å². The van der Waals surface area contributed by atoms with Gasteiger partial charge in [-0.3, -0.25) is 0 Å². The first-order valence-corrected chi connectivity index (χ1v) is 9.23. The zero-order valence-corrected chi connectivity index (χ0v) is 15.8. The first-order chi connectivity index (χ1) is 13.1. The molecule has 1 N–H and O–H groups in total. The highest BCUT2D eigenvalue weighted by Gasteiger charge is 2.33. The van der Waals surface area contributed by atoms with Crippen LogP contribution in [0.5, 0.6) is 5.75 Å². The van der Waals surface area contributed by atoms with E-state index in [1.165, 1.54) is 11.8 Å². The Hall–Kier alpha value is -2.99. The normalized spacial score (nSPS) is 16.8. The van der Waals surface area contributed by atoms with Crippen molar-refractivity contribution in [1.29, 1.82) is 0 Å². The lowest BCUT2D eigenvalue weighted by Crippen LogP contribution is -2.12. The summed E-state index contributed by atoms with van der Waals surface area (Å²) in [5.41, 5.74) is 1.55. The lowest BCUT2D eigenvalue weighted by molar-refractivity contribution is -0.138. The number of carbonyl (C=O) groups excluding carboxylic acids is 1. The molecule has 0 radical (unpaired) electrons. The molecule has 1 heterocycles. The Bertz CT molecular complexity index is 932. The maximum Gasteiger partial charge on any atom is 0.344 e. The van der Waals surface area contributed by atoms with Crippen molar-refractivity contribution in [3.8, 4) is 5.75 Å². The van der Waals surface area contributed by atoms with E-state index in [9.17, 15) is 9.90 Å². The van der Waals surface area contributed by atoms with E-state index in [1.54, 1.807) is 20.1 Å². The molecule has 0 unspecified atom stereocenters. The van der Waals surface area contributed by atoms with Gasteiger partial charge in [-0.25, -0.2) is 9.79 Å². The highest BCUT2D eigenvalue weighted by Crippen LogP contribution is 2.41. The molecular weight excluding hydrogens is 362 g/mol. The molecule has 6 heteroatoms. The fraction of sp³-hybridized carbons (Fsp3) is 0.143. The topological polar surface area (TPSA) is 68.1 Å². The van der Waals surface area contributed by atoms with E-state index in [2.05, 4.69) is 4.99 Å². The van der Waals surface area contributed by atoms with E-state index in [1.807, 2.05) is 54.6 Å². The number of nitrogens with zero attached hydrogens (tertiary/aromatic N) is 1. The standard InChI is InChI=1S/C21H19NO4S/c1-3-26-21(24)18-19(23)17(13-14-9-7-8-12-16(14)25-2)27-20(18)22-15-10-5-4-6-11-15/h4-13,23H,3H2,1-2H3/b17-13+,22-20?. The Balaban J connectivity index is 2.06. The monoisotopic (exact) mass is 381 g/mol. The molecule has 0 spiro atoms. The van der Waals surface area contributed by atoms with Crippen molar-refractivity contribution in [3.63, 3.8) is 0 Å². The number of aliphatic imine (C=N–C) groups is 1. The van der Waals surface area contributed by atoms with Crippen LogP contribution in [0, 0.1) is 0 Å². The number of rotatable bonds is 5. The molecule has 0 aromatic heterocycles. The van der Waals surface area contributed by atoms with E-state index < -0.39 is 5.97 Å². The number of esters is 1. The molecule has 0 bridgehead atoms. The molecule has 27 heavy (non-hydrogen) atoms. The van der Waals surface area contributed by atoms with E-state index in [0.717, 1.165) is 5.56 Å². The van der Waals surface area contributed by atoms with Crippen molar-refractivity contribution in [1.82, 2.24) is 0 Å². The zero-order valence-electron chi connectivity index (χ0n) is 15.0. The first-order valence-electron chi connectivity index (χ1n) is 8.41. The molecule has 5 nitrogen and oxygen atoms in total. The van der Waals surface area contributed by atoms with Crippen molar-refractivity contribution in [3.05, 3.63) is 76.4 Å². The number of carbonyl (C=O) groups is 1. The summed E-state index contributed by atoms with van der Waals surface area (Å²) in [7, 11) is 1.58. The van der Waals surface area contributed by atoms with Gasteiger partial charge in [0.05, 0.1) is 24.3 Å². The second kappa shape index (κ2) is 8.60. The molecule has 138 valence electrons. The van der Waals surface area contributed by atoms with Gasteiger partial charge in [0.25, 0.3) is 0 Å². The first kappa shape index (κ1) is 18.8. The summed E-state index contributed by atoms with van der Waals surface area (Å²) in [6.45, 7) is 1.93. The highest BCUT2D eigenvalue weighted by atomic mass is 32.2. The molecular formula is C21H19NO4S. The smallest absolute Gasteiger partial charge is 0.344 e. The number of aliphatic hydroxyl groups is 1. The minimum Gasteiger partial charge on any atom is -0.506 e. The van der Waals surface area contributed by atoms with Crippen LogP contribution in [-0.2, 0) is 9.53 Å². The summed E-state index contributed by atoms with van der Waals surface area (Å²) in [4.78, 5) is 17.4. The molecule has 0 atom stereocenters. The third-order valence-electron chi connectivity index (χ3n) is 3.78. The molecule has 0 fully saturated rings. The second-order valence-corrected chi connectivity index (χ2v) is 6.58. The summed E-state index contributed by atoms with van der Waals surface area (Å²) in [5, 5.41) is 11.1. The molecule has 3 rings (SSSR count). The van der Waals surface area contributed by atoms with Crippen LogP contribution < -0.4 is 4.74 Å². The fourth-order valence-corrected chi connectivity index (χ4v) is 3.56. The molecule has 1 aliphatic rings. The quantitative estimate of drug-likeness (QED) is 0.747. The third-order valence-corrected chi connectivity index (χ3v) is 4.80. The van der Waals surface area contributed by atoms with Gasteiger partial charge in [-0.2, -0.15) is 0 Å². The average molecular weight is 381 g/mol. The minimum absolute atomic E-state index is 0.0758. The van der Waals surface area contributed by atoms with Crippen molar-refractivity contribution in [2.24, 2.45) is 4.99 Å². The van der Waals surface area contributed by atoms with Crippen molar-refractivity contribution in [2.45, 2.75) is 6.92 Å². The van der Waals surface area contributed by atoms with Gasteiger partial charge < -0.3 is 14.6 Å². The summed E-state index contributed by atoms with van der Waals surface area (Å²) in [6, 6.07) is 16.7. The fourth-order valence-electron chi connectivity index (χ4n) is 2.54. The second-order valence-electron chi connectivity index (χ2n) is 5.55. The average Bonchev–Trinajstić information content (AvgIpc) is 2.98. The molecule has 1 aliphatic heterocycles. The maximum atomic E-state index is 12.4. The summed E-state index contributed by atoms with van der Waals surface area (Å²) in [6.07, 6.45) is 1.77. The van der Waals surface area contributed by atoms with Gasteiger partial charge in [-0.05, 0) is 31.2 Å². The number of benzene rings is 2. The van der Waals surface area contributed by atoms with Gasteiger partial charge in [-0.15, -0.1) is 0 Å². The van der Waals surface area contributed by atoms with Gasteiger partial charge in [0.2, 0.25) is 0 Å². The number of thioether (sulfide) groups is 1. The Kier molecular flexibility index (Phi) is 5.98. The van der Waals surface area contributed by atoms with Crippen LogP contribution in [0.15, 0.2) is 75.8 Å². The number of methoxy groups -OCH3 is 1. The number of para-hydroxylation sites is 2. The van der Waals surface area contributed by atoms with Gasteiger partial charge in [0.1, 0.15) is 22.1 Å². The van der Waals surface area contributed by atoms with Gasteiger partial charge >= 0.3 is 5.97 Å². The molecule has 0 amide bonds. The van der Waals surface area contributed by atoms with Crippen LogP contribution in [0.4, 0.5) is 5.69 Å². The van der Waals surface area contributed by atoms with Crippen LogP contribution >= 0.6 is 11.8 Å². The third kappa shape index (κ3) is 4.23. The Morgan fingerprint density at radius 2 is 1.85 bits per heavy atom. The van der Waals surface area contributed by atoms with E-state index in [-0.39, 0.29) is 17.9 Å². The summed E-state index contributed by atoms with van der Waals surface area (Å²) in [5.74, 6) is -0.0656. The van der Waals surface area contributed by atoms with Gasteiger partial charge in [0.15, 0.2) is 0 Å². The molecule has 0 saturated heterocycles. The lowest BCUT2D eigenvalue weighted by atomic mass is 10.1. The zero-order chi connectivity index (χ0) is 19.2. The predicted molar refractivity (Wildman–Crippen MR) is 108 cm³/mol. The van der Waals surface area contributed by atoms with Gasteiger partial charge in [0, 0.05) is 5.56 Å². The molecule has 2 aromatic rings. The molecule has 2 aromatic carbocycles.